The molecular weight excluding hydrogens is 124 g/mol. The second kappa shape index (κ2) is 2.54. The van der Waals surface area contributed by atoms with Crippen molar-refractivity contribution in [2.45, 2.75) is 40.2 Å². The van der Waals surface area contributed by atoms with Crippen LogP contribution in [-0.4, -0.2) is 12.7 Å². The molecule has 0 spiro atoms. The number of hydrogen-bond donors (Lipinski definition) is 0. The Hall–Kier alpha value is -0.0400. The van der Waals surface area contributed by atoms with E-state index in [-0.39, 0.29) is 0 Å². The zero-order chi connectivity index (χ0) is 7.78. The van der Waals surface area contributed by atoms with Crippen LogP contribution in [0.25, 0.3) is 0 Å². The maximum atomic E-state index is 5.53. The van der Waals surface area contributed by atoms with Crippen LogP contribution in [0.1, 0.15) is 34.1 Å². The Bertz CT molecular complexity index is 118. The summed E-state index contributed by atoms with van der Waals surface area (Å²) in [6, 6.07) is 0. The molecule has 1 aliphatic rings. The topological polar surface area (TPSA) is 9.23 Å². The van der Waals surface area contributed by atoms with Crippen molar-refractivity contribution >= 4 is 0 Å². The van der Waals surface area contributed by atoms with Crippen LogP contribution >= 0.6 is 0 Å². The molecule has 2 unspecified atom stereocenters. The summed E-state index contributed by atoms with van der Waals surface area (Å²) in [5, 5.41) is 0. The second-order valence-electron chi connectivity index (χ2n) is 4.10. The largest absolute Gasteiger partial charge is 0.378 e. The fraction of sp³-hybridized carbons (Fsp3) is 1.00. The highest BCUT2D eigenvalue weighted by atomic mass is 16.5. The maximum Gasteiger partial charge on any atom is 0.0577 e. The lowest BCUT2D eigenvalue weighted by Crippen LogP contribution is -2.38. The Morgan fingerprint density at radius 2 is 1.90 bits per heavy atom. The minimum Gasteiger partial charge on any atom is -0.378 e. The molecule has 0 aromatic rings. The molecule has 1 heterocycles. The van der Waals surface area contributed by atoms with Gasteiger partial charge in [-0.15, -0.1) is 0 Å². The molecule has 1 rings (SSSR count). The van der Waals surface area contributed by atoms with Gasteiger partial charge in [-0.3, -0.25) is 0 Å². The van der Waals surface area contributed by atoms with E-state index in [4.69, 9.17) is 4.74 Å². The average molecular weight is 142 g/mol. The predicted octanol–water partition coefficient (Wildman–Crippen LogP) is 2.46. The molecular formula is C9H18O. The molecule has 0 bridgehead atoms. The quantitative estimate of drug-likeness (QED) is 0.505. The van der Waals surface area contributed by atoms with Crippen LogP contribution in [0.15, 0.2) is 0 Å². The Morgan fingerprint density at radius 1 is 1.30 bits per heavy atom. The van der Waals surface area contributed by atoms with E-state index in [1.807, 2.05) is 0 Å². The summed E-state index contributed by atoms with van der Waals surface area (Å²) < 4.78 is 5.53. The first-order chi connectivity index (χ1) is 4.54. The standard InChI is InChI=1S/C9H18O/c1-7-8(2)10-6-5-9(7,3)4/h7-8H,5-6H2,1-4H3. The zero-order valence-corrected chi connectivity index (χ0v) is 7.48. The van der Waals surface area contributed by atoms with Crippen LogP contribution in [0.2, 0.25) is 0 Å². The highest BCUT2D eigenvalue weighted by molar-refractivity contribution is 4.82. The highest BCUT2D eigenvalue weighted by Crippen LogP contribution is 2.37. The minimum absolute atomic E-state index is 0.448. The van der Waals surface area contributed by atoms with Gasteiger partial charge in [0.1, 0.15) is 0 Å². The molecule has 10 heavy (non-hydrogen) atoms. The van der Waals surface area contributed by atoms with Crippen LogP contribution < -0.4 is 0 Å². The molecule has 0 saturated carbocycles. The molecule has 0 radical (unpaired) electrons. The van der Waals surface area contributed by atoms with Crippen molar-refractivity contribution in [1.82, 2.24) is 0 Å². The van der Waals surface area contributed by atoms with Crippen molar-refractivity contribution in [1.29, 1.82) is 0 Å². The Kier molecular flexibility index (Phi) is 2.04. The smallest absolute Gasteiger partial charge is 0.0577 e. The monoisotopic (exact) mass is 142 g/mol. The first-order valence-corrected chi connectivity index (χ1v) is 4.15. The molecule has 0 aromatic heterocycles. The van der Waals surface area contributed by atoms with E-state index in [9.17, 15) is 0 Å². The molecule has 0 N–H and O–H groups in total. The van der Waals surface area contributed by atoms with Gasteiger partial charge in [0.15, 0.2) is 0 Å². The van der Waals surface area contributed by atoms with Crippen molar-refractivity contribution in [2.24, 2.45) is 11.3 Å². The van der Waals surface area contributed by atoms with E-state index in [2.05, 4.69) is 27.7 Å². The molecule has 1 heteroatoms. The van der Waals surface area contributed by atoms with Crippen molar-refractivity contribution in [3.63, 3.8) is 0 Å². The van der Waals surface area contributed by atoms with Gasteiger partial charge in [-0.05, 0) is 24.7 Å². The summed E-state index contributed by atoms with van der Waals surface area (Å²) >= 11 is 0. The minimum atomic E-state index is 0.448. The lowest BCUT2D eigenvalue weighted by atomic mass is 9.73. The third-order valence-electron chi connectivity index (χ3n) is 3.06. The van der Waals surface area contributed by atoms with Gasteiger partial charge in [0.05, 0.1) is 6.10 Å². The van der Waals surface area contributed by atoms with Crippen LogP contribution in [0, 0.1) is 11.3 Å². The van der Waals surface area contributed by atoms with E-state index >= 15 is 0 Å². The summed E-state index contributed by atoms with van der Waals surface area (Å²) in [5.74, 6) is 0.696. The maximum absolute atomic E-state index is 5.53. The van der Waals surface area contributed by atoms with Gasteiger partial charge in [0, 0.05) is 6.61 Å². The predicted molar refractivity (Wildman–Crippen MR) is 43.0 cm³/mol. The summed E-state index contributed by atoms with van der Waals surface area (Å²) in [4.78, 5) is 0. The van der Waals surface area contributed by atoms with E-state index in [0.29, 0.717) is 17.4 Å². The summed E-state index contributed by atoms with van der Waals surface area (Å²) in [6.07, 6.45) is 1.65. The summed E-state index contributed by atoms with van der Waals surface area (Å²) in [7, 11) is 0. The van der Waals surface area contributed by atoms with Crippen LogP contribution in [0.4, 0.5) is 0 Å². The van der Waals surface area contributed by atoms with Crippen molar-refractivity contribution in [3.8, 4) is 0 Å². The van der Waals surface area contributed by atoms with Gasteiger partial charge in [-0.2, -0.15) is 0 Å². The van der Waals surface area contributed by atoms with Gasteiger partial charge < -0.3 is 4.74 Å². The number of rotatable bonds is 0. The van der Waals surface area contributed by atoms with E-state index in [0.717, 1.165) is 6.61 Å². The van der Waals surface area contributed by atoms with Crippen molar-refractivity contribution < 1.29 is 4.74 Å². The van der Waals surface area contributed by atoms with Gasteiger partial charge in [0.2, 0.25) is 0 Å². The zero-order valence-electron chi connectivity index (χ0n) is 7.48. The first kappa shape index (κ1) is 8.06. The van der Waals surface area contributed by atoms with Crippen molar-refractivity contribution in [2.75, 3.05) is 6.61 Å². The highest BCUT2D eigenvalue weighted by Gasteiger charge is 2.33. The summed E-state index contributed by atoms with van der Waals surface area (Å²) in [5.41, 5.74) is 0.484. The lowest BCUT2D eigenvalue weighted by molar-refractivity contribution is -0.0718. The van der Waals surface area contributed by atoms with E-state index < -0.39 is 0 Å². The summed E-state index contributed by atoms with van der Waals surface area (Å²) in [6.45, 7) is 10.1. The normalized spacial score (nSPS) is 39.6. The average Bonchev–Trinajstić information content (AvgIpc) is 1.83. The second-order valence-corrected chi connectivity index (χ2v) is 4.10. The van der Waals surface area contributed by atoms with Crippen LogP contribution in [0.5, 0.6) is 0 Å². The number of ether oxygens (including phenoxy) is 1. The lowest BCUT2D eigenvalue weighted by Gasteiger charge is -2.40. The van der Waals surface area contributed by atoms with Gasteiger partial charge >= 0.3 is 0 Å². The Morgan fingerprint density at radius 3 is 2.30 bits per heavy atom. The molecule has 1 fully saturated rings. The molecule has 60 valence electrons. The van der Waals surface area contributed by atoms with Crippen molar-refractivity contribution in [3.05, 3.63) is 0 Å². The van der Waals surface area contributed by atoms with E-state index in [1.165, 1.54) is 6.42 Å². The van der Waals surface area contributed by atoms with Gasteiger partial charge in [0.25, 0.3) is 0 Å². The Balaban J connectivity index is 2.60. The molecule has 0 amide bonds. The van der Waals surface area contributed by atoms with Gasteiger partial charge in [-0.25, -0.2) is 0 Å². The first-order valence-electron chi connectivity index (χ1n) is 4.15. The molecule has 1 nitrogen and oxygen atoms in total. The SMILES string of the molecule is CC1OCCC(C)(C)C1C. The number of hydrogen-bond acceptors (Lipinski definition) is 1. The Labute approximate surface area is 63.8 Å². The fourth-order valence-corrected chi connectivity index (χ4v) is 1.52. The van der Waals surface area contributed by atoms with Crippen LogP contribution in [-0.2, 0) is 4.74 Å². The van der Waals surface area contributed by atoms with Gasteiger partial charge in [-0.1, -0.05) is 20.8 Å². The fourth-order valence-electron chi connectivity index (χ4n) is 1.52. The molecule has 0 aliphatic carbocycles. The van der Waals surface area contributed by atoms with Crippen LogP contribution in [0.3, 0.4) is 0 Å². The third-order valence-corrected chi connectivity index (χ3v) is 3.06. The molecule has 2 atom stereocenters. The third kappa shape index (κ3) is 1.34. The molecule has 1 aliphatic heterocycles. The van der Waals surface area contributed by atoms with E-state index in [1.54, 1.807) is 0 Å². The molecule has 1 saturated heterocycles. The molecule has 0 aromatic carbocycles.